The molecule has 0 spiro atoms. The molecule has 0 unspecified atom stereocenters. The number of hydrogen-bond donors (Lipinski definition) is 2. The summed E-state index contributed by atoms with van der Waals surface area (Å²) in [6.07, 6.45) is 2.35. The van der Waals surface area contributed by atoms with Crippen molar-refractivity contribution in [2.75, 3.05) is 11.9 Å². The second-order valence-corrected chi connectivity index (χ2v) is 3.58. The van der Waals surface area contributed by atoms with E-state index in [0.29, 0.717) is 30.2 Å². The molecule has 82 valence electrons. The highest BCUT2D eigenvalue weighted by molar-refractivity contribution is 6.33. The van der Waals surface area contributed by atoms with Crippen molar-refractivity contribution < 1.29 is 4.79 Å². The standard InChI is InChI=1S/C8H10Cl2N4O/c9-5-4-13-8(10)14-7(5)12-3-1-2-6(11)15/h4H,1-3H2,(H2,11,15)(H,12,13,14). The van der Waals surface area contributed by atoms with Gasteiger partial charge in [0.05, 0.1) is 6.20 Å². The average molecular weight is 249 g/mol. The quantitative estimate of drug-likeness (QED) is 0.611. The van der Waals surface area contributed by atoms with Gasteiger partial charge in [0.25, 0.3) is 0 Å². The molecule has 0 saturated heterocycles. The Morgan fingerprint density at radius 2 is 2.27 bits per heavy atom. The zero-order valence-electron chi connectivity index (χ0n) is 7.83. The summed E-state index contributed by atoms with van der Waals surface area (Å²) in [5.41, 5.74) is 4.99. The van der Waals surface area contributed by atoms with Crippen molar-refractivity contribution in [1.29, 1.82) is 0 Å². The Kier molecular flexibility index (Phi) is 4.58. The van der Waals surface area contributed by atoms with E-state index in [1.54, 1.807) is 0 Å². The first-order chi connectivity index (χ1) is 7.09. The third-order valence-electron chi connectivity index (χ3n) is 1.61. The number of rotatable bonds is 5. The van der Waals surface area contributed by atoms with Crippen LogP contribution in [0.2, 0.25) is 10.3 Å². The smallest absolute Gasteiger partial charge is 0.224 e. The summed E-state index contributed by atoms with van der Waals surface area (Å²) in [6, 6.07) is 0. The Balaban J connectivity index is 2.43. The topological polar surface area (TPSA) is 80.9 Å². The summed E-state index contributed by atoms with van der Waals surface area (Å²) in [5.74, 6) is 0.129. The molecule has 0 aliphatic carbocycles. The largest absolute Gasteiger partial charge is 0.370 e. The highest BCUT2D eigenvalue weighted by atomic mass is 35.5. The van der Waals surface area contributed by atoms with Crippen molar-refractivity contribution >= 4 is 34.9 Å². The minimum absolute atomic E-state index is 0.122. The number of hydrogen-bond acceptors (Lipinski definition) is 4. The summed E-state index contributed by atoms with van der Waals surface area (Å²) < 4.78 is 0. The van der Waals surface area contributed by atoms with Crippen molar-refractivity contribution in [3.05, 3.63) is 16.5 Å². The Bertz CT molecular complexity index is 358. The number of amides is 1. The van der Waals surface area contributed by atoms with Crippen LogP contribution in [0.25, 0.3) is 0 Å². The first-order valence-electron chi connectivity index (χ1n) is 4.30. The summed E-state index contributed by atoms with van der Waals surface area (Å²) in [5, 5.41) is 3.44. The maximum Gasteiger partial charge on any atom is 0.224 e. The number of carbonyl (C=O) groups is 1. The molecule has 1 aromatic rings. The molecule has 15 heavy (non-hydrogen) atoms. The van der Waals surface area contributed by atoms with E-state index in [-0.39, 0.29) is 11.2 Å². The normalized spacial score (nSPS) is 10.0. The minimum atomic E-state index is -0.330. The van der Waals surface area contributed by atoms with Crippen molar-refractivity contribution in [3.8, 4) is 0 Å². The molecule has 7 heteroatoms. The fraction of sp³-hybridized carbons (Fsp3) is 0.375. The van der Waals surface area contributed by atoms with Crippen LogP contribution in [-0.2, 0) is 4.79 Å². The van der Waals surface area contributed by atoms with Crippen molar-refractivity contribution in [3.63, 3.8) is 0 Å². The average Bonchev–Trinajstić information content (AvgIpc) is 2.17. The van der Waals surface area contributed by atoms with Gasteiger partial charge in [-0.3, -0.25) is 4.79 Å². The van der Waals surface area contributed by atoms with Gasteiger partial charge >= 0.3 is 0 Å². The molecule has 5 nitrogen and oxygen atoms in total. The maximum atomic E-state index is 10.5. The molecule has 0 saturated carbocycles. The van der Waals surface area contributed by atoms with E-state index in [9.17, 15) is 4.79 Å². The van der Waals surface area contributed by atoms with E-state index in [1.165, 1.54) is 6.20 Å². The summed E-state index contributed by atoms with van der Waals surface area (Å²) in [4.78, 5) is 18.0. The minimum Gasteiger partial charge on any atom is -0.370 e. The van der Waals surface area contributed by atoms with Gasteiger partial charge in [-0.25, -0.2) is 4.98 Å². The number of nitrogens with two attached hydrogens (primary N) is 1. The van der Waals surface area contributed by atoms with Crippen LogP contribution in [0.3, 0.4) is 0 Å². The molecular formula is C8H10Cl2N4O. The highest BCUT2D eigenvalue weighted by Gasteiger charge is 2.03. The molecule has 3 N–H and O–H groups in total. The third-order valence-corrected chi connectivity index (χ3v) is 2.07. The first kappa shape index (κ1) is 12.0. The van der Waals surface area contributed by atoms with Gasteiger partial charge in [0.15, 0.2) is 0 Å². The fourth-order valence-electron chi connectivity index (χ4n) is 0.939. The number of primary amides is 1. The lowest BCUT2D eigenvalue weighted by Crippen LogP contribution is -2.13. The van der Waals surface area contributed by atoms with Crippen LogP contribution in [-0.4, -0.2) is 22.4 Å². The second-order valence-electron chi connectivity index (χ2n) is 2.83. The molecule has 0 radical (unpaired) electrons. The van der Waals surface area contributed by atoms with Gasteiger partial charge in [0.1, 0.15) is 10.8 Å². The Labute approximate surface area is 97.0 Å². The lowest BCUT2D eigenvalue weighted by molar-refractivity contribution is -0.118. The molecule has 1 amide bonds. The van der Waals surface area contributed by atoms with E-state index in [0.717, 1.165) is 0 Å². The molecule has 0 bridgehead atoms. The molecule has 0 atom stereocenters. The zero-order valence-corrected chi connectivity index (χ0v) is 9.35. The van der Waals surface area contributed by atoms with Crippen LogP contribution in [0.15, 0.2) is 6.20 Å². The number of nitrogens with zero attached hydrogens (tertiary/aromatic N) is 2. The number of nitrogens with one attached hydrogen (secondary N) is 1. The number of halogens is 2. The van der Waals surface area contributed by atoms with Crippen molar-refractivity contribution in [2.24, 2.45) is 5.73 Å². The van der Waals surface area contributed by atoms with Gasteiger partial charge in [-0.2, -0.15) is 4.98 Å². The molecular weight excluding hydrogens is 239 g/mol. The van der Waals surface area contributed by atoms with Gasteiger partial charge in [-0.1, -0.05) is 11.6 Å². The van der Waals surface area contributed by atoms with Crippen LogP contribution >= 0.6 is 23.2 Å². The van der Waals surface area contributed by atoms with Gasteiger partial charge in [0.2, 0.25) is 11.2 Å². The number of aromatic nitrogens is 2. The van der Waals surface area contributed by atoms with Gasteiger partial charge in [-0.05, 0) is 18.0 Å². The molecule has 0 fully saturated rings. The van der Waals surface area contributed by atoms with Crippen molar-refractivity contribution in [2.45, 2.75) is 12.8 Å². The number of anilines is 1. The fourth-order valence-corrected chi connectivity index (χ4v) is 1.23. The molecule has 0 aromatic carbocycles. The van der Waals surface area contributed by atoms with Gasteiger partial charge < -0.3 is 11.1 Å². The lowest BCUT2D eigenvalue weighted by atomic mass is 10.3. The third kappa shape index (κ3) is 4.31. The van der Waals surface area contributed by atoms with E-state index >= 15 is 0 Å². The summed E-state index contributed by atoms with van der Waals surface area (Å²) in [7, 11) is 0. The number of carbonyl (C=O) groups excluding carboxylic acids is 1. The summed E-state index contributed by atoms with van der Waals surface area (Å²) in [6.45, 7) is 0.552. The SMILES string of the molecule is NC(=O)CCCNc1nc(Cl)ncc1Cl. The molecule has 1 heterocycles. The second kappa shape index (κ2) is 5.72. The predicted molar refractivity (Wildman–Crippen MR) is 59.0 cm³/mol. The van der Waals surface area contributed by atoms with Gasteiger partial charge in [-0.15, -0.1) is 0 Å². The van der Waals surface area contributed by atoms with Crippen molar-refractivity contribution in [1.82, 2.24) is 9.97 Å². The van der Waals surface area contributed by atoms with E-state index in [4.69, 9.17) is 28.9 Å². The Morgan fingerprint density at radius 1 is 1.53 bits per heavy atom. The first-order valence-corrected chi connectivity index (χ1v) is 5.05. The highest BCUT2D eigenvalue weighted by Crippen LogP contribution is 2.19. The Hall–Kier alpha value is -1.07. The van der Waals surface area contributed by atoms with E-state index < -0.39 is 0 Å². The van der Waals surface area contributed by atoms with E-state index in [2.05, 4.69) is 15.3 Å². The Morgan fingerprint density at radius 3 is 2.93 bits per heavy atom. The van der Waals surface area contributed by atoms with Crippen LogP contribution < -0.4 is 11.1 Å². The van der Waals surface area contributed by atoms with Crippen LogP contribution in [0, 0.1) is 0 Å². The monoisotopic (exact) mass is 248 g/mol. The summed E-state index contributed by atoms with van der Waals surface area (Å²) >= 11 is 11.4. The lowest BCUT2D eigenvalue weighted by Gasteiger charge is -2.05. The van der Waals surface area contributed by atoms with Crippen LogP contribution in [0.1, 0.15) is 12.8 Å². The maximum absolute atomic E-state index is 10.5. The zero-order chi connectivity index (χ0) is 11.3. The molecule has 1 rings (SSSR count). The molecule has 0 aliphatic rings. The van der Waals surface area contributed by atoms with Crippen LogP contribution in [0.4, 0.5) is 5.82 Å². The molecule has 0 aliphatic heterocycles. The molecule has 1 aromatic heterocycles. The van der Waals surface area contributed by atoms with E-state index in [1.807, 2.05) is 0 Å². The van der Waals surface area contributed by atoms with Gasteiger partial charge in [0, 0.05) is 13.0 Å². The van der Waals surface area contributed by atoms with Crippen LogP contribution in [0.5, 0.6) is 0 Å². The predicted octanol–water partition coefficient (Wildman–Crippen LogP) is 1.46.